The molecule has 17 heavy (non-hydrogen) atoms. The Kier molecular flexibility index (Phi) is 4.66. The number of hydrogen-bond donors (Lipinski definition) is 1. The van der Waals surface area contributed by atoms with Crippen LogP contribution in [0.5, 0.6) is 0 Å². The van der Waals surface area contributed by atoms with E-state index in [2.05, 4.69) is 54.0 Å². The molecule has 1 heterocycles. The summed E-state index contributed by atoms with van der Waals surface area (Å²) in [6.45, 7) is 2.18. The standard InChI is InChI=1S/C14H17NS2/c1-11-6-3-4-7-12(11)13(15-2)10-17-14-8-5-9-16-14/h3-9,13,15H,10H2,1-2H3. The number of nitrogens with one attached hydrogen (secondary N) is 1. The molecule has 1 atom stereocenters. The van der Waals surface area contributed by atoms with Gasteiger partial charge in [0.15, 0.2) is 0 Å². The number of aryl methyl sites for hydroxylation is 1. The molecule has 0 aliphatic heterocycles. The van der Waals surface area contributed by atoms with E-state index >= 15 is 0 Å². The van der Waals surface area contributed by atoms with Crippen molar-refractivity contribution >= 4 is 23.1 Å². The zero-order chi connectivity index (χ0) is 12.1. The highest BCUT2D eigenvalue weighted by Crippen LogP contribution is 2.28. The Morgan fingerprint density at radius 1 is 1.24 bits per heavy atom. The van der Waals surface area contributed by atoms with Crippen LogP contribution in [-0.2, 0) is 0 Å². The predicted octanol–water partition coefficient (Wildman–Crippen LogP) is 4.11. The fourth-order valence-electron chi connectivity index (χ4n) is 1.82. The van der Waals surface area contributed by atoms with E-state index in [1.54, 1.807) is 0 Å². The lowest BCUT2D eigenvalue weighted by atomic mass is 10.0. The van der Waals surface area contributed by atoms with Gasteiger partial charge in [-0.1, -0.05) is 30.3 Å². The first kappa shape index (κ1) is 12.7. The summed E-state index contributed by atoms with van der Waals surface area (Å²) in [4.78, 5) is 0. The monoisotopic (exact) mass is 263 g/mol. The van der Waals surface area contributed by atoms with E-state index < -0.39 is 0 Å². The van der Waals surface area contributed by atoms with Crippen molar-refractivity contribution in [1.82, 2.24) is 5.32 Å². The van der Waals surface area contributed by atoms with Crippen molar-refractivity contribution in [3.63, 3.8) is 0 Å². The summed E-state index contributed by atoms with van der Waals surface area (Å²) in [5.41, 5.74) is 2.76. The van der Waals surface area contributed by atoms with Crippen molar-refractivity contribution in [2.75, 3.05) is 12.8 Å². The Hall–Kier alpha value is -0.770. The number of hydrogen-bond acceptors (Lipinski definition) is 3. The van der Waals surface area contributed by atoms with E-state index in [9.17, 15) is 0 Å². The lowest BCUT2D eigenvalue weighted by molar-refractivity contribution is 0.658. The minimum Gasteiger partial charge on any atom is -0.312 e. The number of thiophene rings is 1. The summed E-state index contributed by atoms with van der Waals surface area (Å²) in [6, 6.07) is 13.3. The summed E-state index contributed by atoms with van der Waals surface area (Å²) in [5.74, 6) is 1.07. The molecule has 1 unspecified atom stereocenters. The molecule has 0 fully saturated rings. The first-order chi connectivity index (χ1) is 8.31. The number of benzene rings is 1. The maximum absolute atomic E-state index is 3.41. The van der Waals surface area contributed by atoms with Gasteiger partial charge in [-0.3, -0.25) is 0 Å². The van der Waals surface area contributed by atoms with E-state index in [1.807, 2.05) is 30.1 Å². The summed E-state index contributed by atoms with van der Waals surface area (Å²) in [5, 5.41) is 5.53. The van der Waals surface area contributed by atoms with Crippen molar-refractivity contribution in [2.24, 2.45) is 0 Å². The summed E-state index contributed by atoms with van der Waals surface area (Å²) >= 11 is 3.73. The van der Waals surface area contributed by atoms with E-state index in [0.29, 0.717) is 6.04 Å². The molecule has 3 heteroatoms. The molecule has 2 aromatic rings. The quantitative estimate of drug-likeness (QED) is 0.815. The molecule has 0 radical (unpaired) electrons. The van der Waals surface area contributed by atoms with Gasteiger partial charge in [-0.25, -0.2) is 0 Å². The molecule has 1 aromatic carbocycles. The highest BCUT2D eigenvalue weighted by atomic mass is 32.2. The average molecular weight is 263 g/mol. The molecule has 1 N–H and O–H groups in total. The third kappa shape index (κ3) is 3.35. The smallest absolute Gasteiger partial charge is 0.0599 e. The van der Waals surface area contributed by atoms with Crippen LogP contribution in [0.15, 0.2) is 46.0 Å². The van der Waals surface area contributed by atoms with Gasteiger partial charge in [-0.15, -0.1) is 23.1 Å². The third-order valence-corrected chi connectivity index (χ3v) is 5.02. The van der Waals surface area contributed by atoms with Crippen LogP contribution in [0, 0.1) is 6.92 Å². The van der Waals surface area contributed by atoms with Crippen molar-refractivity contribution in [3.8, 4) is 0 Å². The van der Waals surface area contributed by atoms with Crippen LogP contribution >= 0.6 is 23.1 Å². The predicted molar refractivity (Wildman–Crippen MR) is 78.0 cm³/mol. The van der Waals surface area contributed by atoms with Gasteiger partial charge >= 0.3 is 0 Å². The van der Waals surface area contributed by atoms with Gasteiger partial charge in [0.1, 0.15) is 0 Å². The molecular formula is C14H17NS2. The van der Waals surface area contributed by atoms with Gasteiger partial charge in [0.25, 0.3) is 0 Å². The zero-order valence-corrected chi connectivity index (χ0v) is 11.8. The lowest BCUT2D eigenvalue weighted by Gasteiger charge is -2.18. The van der Waals surface area contributed by atoms with E-state index in [0.717, 1.165) is 5.75 Å². The highest BCUT2D eigenvalue weighted by molar-refractivity contribution is 8.01. The maximum Gasteiger partial charge on any atom is 0.0599 e. The van der Waals surface area contributed by atoms with Crippen LogP contribution in [-0.4, -0.2) is 12.8 Å². The Balaban J connectivity index is 2.04. The van der Waals surface area contributed by atoms with Gasteiger partial charge in [0.05, 0.1) is 4.21 Å². The van der Waals surface area contributed by atoms with Gasteiger partial charge < -0.3 is 5.32 Å². The molecule has 0 aliphatic rings. The average Bonchev–Trinajstić information content (AvgIpc) is 2.85. The van der Waals surface area contributed by atoms with Crippen LogP contribution < -0.4 is 5.32 Å². The van der Waals surface area contributed by atoms with Crippen LogP contribution in [0.3, 0.4) is 0 Å². The van der Waals surface area contributed by atoms with Crippen LogP contribution in [0.4, 0.5) is 0 Å². The largest absolute Gasteiger partial charge is 0.312 e. The molecule has 0 bridgehead atoms. The second kappa shape index (κ2) is 6.24. The van der Waals surface area contributed by atoms with Crippen LogP contribution in [0.1, 0.15) is 17.2 Å². The van der Waals surface area contributed by atoms with Crippen molar-refractivity contribution in [2.45, 2.75) is 17.2 Å². The molecule has 0 saturated heterocycles. The molecular weight excluding hydrogens is 246 g/mol. The molecule has 0 saturated carbocycles. The summed E-state index contributed by atoms with van der Waals surface area (Å²) in [7, 11) is 2.03. The molecule has 1 nitrogen and oxygen atoms in total. The summed E-state index contributed by atoms with van der Waals surface area (Å²) < 4.78 is 1.39. The van der Waals surface area contributed by atoms with E-state index in [4.69, 9.17) is 0 Å². The Labute approximate surface area is 111 Å². The fraction of sp³-hybridized carbons (Fsp3) is 0.286. The normalized spacial score (nSPS) is 12.6. The second-order valence-corrected chi connectivity index (χ2v) is 6.21. The van der Waals surface area contributed by atoms with Gasteiger partial charge in [0, 0.05) is 11.8 Å². The first-order valence-corrected chi connectivity index (χ1v) is 7.57. The Bertz CT molecular complexity index is 451. The molecule has 0 aliphatic carbocycles. The van der Waals surface area contributed by atoms with Gasteiger partial charge in [-0.2, -0.15) is 0 Å². The van der Waals surface area contributed by atoms with Gasteiger partial charge in [-0.05, 0) is 36.5 Å². The minimum atomic E-state index is 0.420. The zero-order valence-electron chi connectivity index (χ0n) is 10.1. The molecule has 0 spiro atoms. The van der Waals surface area contributed by atoms with E-state index in [-0.39, 0.29) is 0 Å². The van der Waals surface area contributed by atoms with Gasteiger partial charge in [0.2, 0.25) is 0 Å². The van der Waals surface area contributed by atoms with Crippen molar-refractivity contribution < 1.29 is 0 Å². The maximum atomic E-state index is 3.41. The fourth-order valence-corrected chi connectivity index (χ4v) is 3.76. The molecule has 90 valence electrons. The first-order valence-electron chi connectivity index (χ1n) is 5.70. The van der Waals surface area contributed by atoms with Crippen LogP contribution in [0.25, 0.3) is 0 Å². The Morgan fingerprint density at radius 2 is 2.06 bits per heavy atom. The summed E-state index contributed by atoms with van der Waals surface area (Å²) in [6.07, 6.45) is 0. The Morgan fingerprint density at radius 3 is 2.71 bits per heavy atom. The highest BCUT2D eigenvalue weighted by Gasteiger charge is 2.11. The molecule has 0 amide bonds. The SMILES string of the molecule is CNC(CSc1cccs1)c1ccccc1C. The molecule has 2 rings (SSSR count). The van der Waals surface area contributed by atoms with Crippen molar-refractivity contribution in [1.29, 1.82) is 0 Å². The lowest BCUT2D eigenvalue weighted by Crippen LogP contribution is -2.19. The second-order valence-electron chi connectivity index (χ2n) is 3.94. The van der Waals surface area contributed by atoms with Crippen LogP contribution in [0.2, 0.25) is 0 Å². The number of rotatable bonds is 5. The van der Waals surface area contributed by atoms with E-state index in [1.165, 1.54) is 15.3 Å². The topological polar surface area (TPSA) is 12.0 Å². The van der Waals surface area contributed by atoms with Crippen molar-refractivity contribution in [3.05, 3.63) is 52.9 Å². The molecule has 1 aromatic heterocycles. The minimum absolute atomic E-state index is 0.420. The third-order valence-electron chi connectivity index (χ3n) is 2.80. The number of thioether (sulfide) groups is 1.